The van der Waals surface area contributed by atoms with Crippen LogP contribution in [0.4, 0.5) is 11.5 Å². The minimum atomic E-state index is 0.268. The Balaban J connectivity index is 2.20. The summed E-state index contributed by atoms with van der Waals surface area (Å²) in [5.74, 6) is 0.967. The summed E-state index contributed by atoms with van der Waals surface area (Å²) in [5.41, 5.74) is 7.58. The van der Waals surface area contributed by atoms with Gasteiger partial charge in [0.25, 0.3) is 0 Å². The van der Waals surface area contributed by atoms with Gasteiger partial charge in [-0.25, -0.2) is 4.98 Å². The fourth-order valence-corrected chi connectivity index (χ4v) is 2.14. The average molecular weight is 221 g/mol. The number of anilines is 2. The van der Waals surface area contributed by atoms with Crippen molar-refractivity contribution in [1.82, 2.24) is 4.98 Å². The molecule has 0 aliphatic carbocycles. The Hall–Kier alpha value is -1.29. The largest absolute Gasteiger partial charge is 0.397 e. The molecule has 1 aliphatic heterocycles. The SMILES string of the molecule is Cc1cc(N(C)C2CCOC2C)ncc1N. The fraction of sp³-hybridized carbons (Fsp3) is 0.583. The molecule has 2 atom stereocenters. The molecule has 0 bridgehead atoms. The fourth-order valence-electron chi connectivity index (χ4n) is 2.14. The molecule has 88 valence electrons. The number of nitrogens with two attached hydrogens (primary N) is 1. The van der Waals surface area contributed by atoms with Crippen LogP contribution in [0.2, 0.25) is 0 Å². The van der Waals surface area contributed by atoms with Crippen LogP contribution in [0.1, 0.15) is 18.9 Å². The maximum atomic E-state index is 5.76. The van der Waals surface area contributed by atoms with E-state index >= 15 is 0 Å². The van der Waals surface area contributed by atoms with Gasteiger partial charge in [0.15, 0.2) is 0 Å². The summed E-state index contributed by atoms with van der Waals surface area (Å²) in [6.07, 6.45) is 3.05. The Morgan fingerprint density at radius 1 is 1.56 bits per heavy atom. The van der Waals surface area contributed by atoms with Gasteiger partial charge in [0.05, 0.1) is 24.0 Å². The highest BCUT2D eigenvalue weighted by molar-refractivity contribution is 5.52. The van der Waals surface area contributed by atoms with Crippen molar-refractivity contribution >= 4 is 11.5 Å². The maximum absolute atomic E-state index is 5.76. The summed E-state index contributed by atoms with van der Waals surface area (Å²) in [6.45, 7) is 4.95. The third-order valence-corrected chi connectivity index (χ3v) is 3.33. The normalized spacial score (nSPS) is 24.7. The first-order chi connectivity index (χ1) is 7.59. The minimum absolute atomic E-state index is 0.268. The molecular formula is C12H19N3O. The number of hydrogen-bond donors (Lipinski definition) is 1. The van der Waals surface area contributed by atoms with Crippen molar-refractivity contribution in [2.24, 2.45) is 0 Å². The quantitative estimate of drug-likeness (QED) is 0.824. The van der Waals surface area contributed by atoms with Crippen LogP contribution in [-0.2, 0) is 4.74 Å². The number of rotatable bonds is 2. The zero-order valence-corrected chi connectivity index (χ0v) is 10.1. The van der Waals surface area contributed by atoms with Gasteiger partial charge in [-0.1, -0.05) is 0 Å². The number of pyridine rings is 1. The molecule has 4 nitrogen and oxygen atoms in total. The molecule has 1 aliphatic rings. The van der Waals surface area contributed by atoms with Crippen LogP contribution in [0.25, 0.3) is 0 Å². The zero-order valence-electron chi connectivity index (χ0n) is 10.1. The van der Waals surface area contributed by atoms with Crippen molar-refractivity contribution in [3.05, 3.63) is 17.8 Å². The van der Waals surface area contributed by atoms with Crippen molar-refractivity contribution in [1.29, 1.82) is 0 Å². The third-order valence-electron chi connectivity index (χ3n) is 3.33. The van der Waals surface area contributed by atoms with Gasteiger partial charge in [0.1, 0.15) is 5.82 Å². The Kier molecular flexibility index (Phi) is 3.01. The van der Waals surface area contributed by atoms with Gasteiger partial charge >= 0.3 is 0 Å². The Morgan fingerprint density at radius 3 is 2.88 bits per heavy atom. The molecule has 2 N–H and O–H groups in total. The number of ether oxygens (including phenoxy) is 1. The zero-order chi connectivity index (χ0) is 11.7. The smallest absolute Gasteiger partial charge is 0.128 e. The lowest BCUT2D eigenvalue weighted by molar-refractivity contribution is 0.118. The van der Waals surface area contributed by atoms with E-state index in [2.05, 4.69) is 23.9 Å². The van der Waals surface area contributed by atoms with Crippen LogP contribution in [0.3, 0.4) is 0 Å². The van der Waals surface area contributed by atoms with Gasteiger partial charge in [-0.3, -0.25) is 0 Å². The van der Waals surface area contributed by atoms with E-state index in [4.69, 9.17) is 10.5 Å². The number of nitrogens with zero attached hydrogens (tertiary/aromatic N) is 2. The summed E-state index contributed by atoms with van der Waals surface area (Å²) < 4.78 is 5.57. The molecule has 1 saturated heterocycles. The topological polar surface area (TPSA) is 51.4 Å². The number of nitrogen functional groups attached to an aromatic ring is 1. The number of aryl methyl sites for hydroxylation is 1. The van der Waals surface area contributed by atoms with Gasteiger partial charge in [0.2, 0.25) is 0 Å². The van der Waals surface area contributed by atoms with E-state index in [1.165, 1.54) is 0 Å². The van der Waals surface area contributed by atoms with E-state index in [0.717, 1.165) is 30.1 Å². The van der Waals surface area contributed by atoms with Crippen LogP contribution < -0.4 is 10.6 Å². The molecule has 1 aromatic heterocycles. The van der Waals surface area contributed by atoms with E-state index in [0.29, 0.717) is 6.04 Å². The molecule has 0 saturated carbocycles. The van der Waals surface area contributed by atoms with Crippen molar-refractivity contribution in [3.63, 3.8) is 0 Å². The first-order valence-corrected chi connectivity index (χ1v) is 5.66. The lowest BCUT2D eigenvalue weighted by Gasteiger charge is -2.28. The van der Waals surface area contributed by atoms with Crippen molar-refractivity contribution in [3.8, 4) is 0 Å². The van der Waals surface area contributed by atoms with Crippen molar-refractivity contribution in [2.75, 3.05) is 24.3 Å². The highest BCUT2D eigenvalue weighted by atomic mass is 16.5. The van der Waals surface area contributed by atoms with Gasteiger partial charge in [0, 0.05) is 13.7 Å². The Bertz CT molecular complexity index is 381. The summed E-state index contributed by atoms with van der Waals surface area (Å²) in [7, 11) is 2.06. The second-order valence-electron chi connectivity index (χ2n) is 4.44. The predicted molar refractivity (Wildman–Crippen MR) is 65.6 cm³/mol. The number of likely N-dealkylation sites (N-methyl/N-ethyl adjacent to an activating group) is 1. The van der Waals surface area contributed by atoms with Crippen LogP contribution in [0.5, 0.6) is 0 Å². The molecule has 0 amide bonds. The van der Waals surface area contributed by atoms with E-state index in [1.54, 1.807) is 6.20 Å². The summed E-state index contributed by atoms with van der Waals surface area (Å²) >= 11 is 0. The van der Waals surface area contributed by atoms with Crippen LogP contribution in [-0.4, -0.2) is 30.8 Å². The lowest BCUT2D eigenvalue weighted by atomic mass is 10.1. The first-order valence-electron chi connectivity index (χ1n) is 5.66. The van der Waals surface area contributed by atoms with E-state index in [-0.39, 0.29) is 6.10 Å². The van der Waals surface area contributed by atoms with E-state index < -0.39 is 0 Å². The van der Waals surface area contributed by atoms with Gasteiger partial charge in [-0.2, -0.15) is 0 Å². The molecule has 1 fully saturated rings. The van der Waals surface area contributed by atoms with E-state index in [1.807, 2.05) is 13.0 Å². The molecule has 0 radical (unpaired) electrons. The summed E-state index contributed by atoms with van der Waals surface area (Å²) in [5, 5.41) is 0. The maximum Gasteiger partial charge on any atom is 0.128 e. The first kappa shape index (κ1) is 11.2. The number of aromatic nitrogens is 1. The molecule has 2 heterocycles. The highest BCUT2D eigenvalue weighted by Crippen LogP contribution is 2.24. The standard InChI is InChI=1S/C12H19N3O/c1-8-6-12(14-7-10(8)13)15(3)11-4-5-16-9(11)2/h6-7,9,11H,4-5,13H2,1-3H3. The lowest BCUT2D eigenvalue weighted by Crippen LogP contribution is -2.37. The van der Waals surface area contributed by atoms with Crippen LogP contribution in [0, 0.1) is 6.92 Å². The Labute approximate surface area is 96.4 Å². The third kappa shape index (κ3) is 1.97. The van der Waals surface area contributed by atoms with Crippen LogP contribution >= 0.6 is 0 Å². The Morgan fingerprint density at radius 2 is 2.31 bits per heavy atom. The molecule has 1 aromatic rings. The molecule has 16 heavy (non-hydrogen) atoms. The molecule has 0 spiro atoms. The summed E-state index contributed by atoms with van der Waals surface area (Å²) in [4.78, 5) is 6.55. The van der Waals surface area contributed by atoms with Gasteiger partial charge in [-0.15, -0.1) is 0 Å². The van der Waals surface area contributed by atoms with Crippen molar-refractivity contribution in [2.45, 2.75) is 32.4 Å². The van der Waals surface area contributed by atoms with Gasteiger partial charge < -0.3 is 15.4 Å². The summed E-state index contributed by atoms with van der Waals surface area (Å²) in [6, 6.07) is 2.44. The van der Waals surface area contributed by atoms with Gasteiger partial charge in [-0.05, 0) is 31.9 Å². The highest BCUT2D eigenvalue weighted by Gasteiger charge is 2.28. The number of hydrogen-bond acceptors (Lipinski definition) is 4. The van der Waals surface area contributed by atoms with E-state index in [9.17, 15) is 0 Å². The molecule has 4 heteroatoms. The second kappa shape index (κ2) is 4.29. The molecular weight excluding hydrogens is 202 g/mol. The monoisotopic (exact) mass is 221 g/mol. The molecule has 2 unspecified atom stereocenters. The second-order valence-corrected chi connectivity index (χ2v) is 4.44. The molecule has 0 aromatic carbocycles. The predicted octanol–water partition coefficient (Wildman–Crippen LogP) is 1.59. The molecule has 2 rings (SSSR count). The van der Waals surface area contributed by atoms with Crippen LogP contribution in [0.15, 0.2) is 12.3 Å². The minimum Gasteiger partial charge on any atom is -0.397 e. The van der Waals surface area contributed by atoms with Crippen molar-refractivity contribution < 1.29 is 4.74 Å². The average Bonchev–Trinajstić information content (AvgIpc) is 2.67.